The van der Waals surface area contributed by atoms with Crippen molar-refractivity contribution in [3.05, 3.63) is 16.6 Å². The quantitative estimate of drug-likeness (QED) is 0.690. The summed E-state index contributed by atoms with van der Waals surface area (Å²) in [5, 5.41) is 0. The molecular weight excluding hydrogens is 158 g/mol. The van der Waals surface area contributed by atoms with E-state index >= 15 is 0 Å². The number of aryl methyl sites for hydroxylation is 1. The first-order valence-corrected chi connectivity index (χ1v) is 4.54. The number of nitrogens with zero attached hydrogens (tertiary/aromatic N) is 1. The van der Waals surface area contributed by atoms with E-state index in [1.165, 1.54) is 4.88 Å². The molecule has 0 aliphatic carbocycles. The molecule has 1 aromatic heterocycles. The third-order valence-electron chi connectivity index (χ3n) is 1.44. The van der Waals surface area contributed by atoms with Gasteiger partial charge in [0.15, 0.2) is 0 Å². The summed E-state index contributed by atoms with van der Waals surface area (Å²) in [5.74, 6) is 0.273. The van der Waals surface area contributed by atoms with E-state index in [2.05, 4.69) is 4.98 Å². The van der Waals surface area contributed by atoms with Gasteiger partial charge in [-0.2, -0.15) is 0 Å². The summed E-state index contributed by atoms with van der Waals surface area (Å²) in [6.07, 6.45) is 4.50. The van der Waals surface area contributed by atoms with Gasteiger partial charge in [0.2, 0.25) is 0 Å². The maximum Gasteiger partial charge on any atom is 0.129 e. The molecule has 0 amide bonds. The SMILES string of the molecule is CC(=O)CCCc1cncs1. The molecule has 0 aliphatic rings. The first-order chi connectivity index (χ1) is 5.29. The Morgan fingerprint density at radius 2 is 2.55 bits per heavy atom. The summed E-state index contributed by atoms with van der Waals surface area (Å²) in [6.45, 7) is 1.63. The van der Waals surface area contributed by atoms with Crippen molar-refractivity contribution in [1.82, 2.24) is 4.98 Å². The lowest BCUT2D eigenvalue weighted by atomic mass is 10.2. The van der Waals surface area contributed by atoms with Gasteiger partial charge in [-0.25, -0.2) is 0 Å². The van der Waals surface area contributed by atoms with E-state index in [-0.39, 0.29) is 5.78 Å². The van der Waals surface area contributed by atoms with E-state index in [9.17, 15) is 4.79 Å². The number of carbonyl (C=O) groups excluding carboxylic acids is 1. The molecule has 0 aromatic carbocycles. The summed E-state index contributed by atoms with van der Waals surface area (Å²) >= 11 is 1.65. The van der Waals surface area contributed by atoms with Gasteiger partial charge in [0.25, 0.3) is 0 Å². The van der Waals surface area contributed by atoms with Gasteiger partial charge in [-0.15, -0.1) is 11.3 Å². The summed E-state index contributed by atoms with van der Waals surface area (Å²) < 4.78 is 0. The summed E-state index contributed by atoms with van der Waals surface area (Å²) in [7, 11) is 0. The maximum absolute atomic E-state index is 10.6. The van der Waals surface area contributed by atoms with Crippen molar-refractivity contribution >= 4 is 17.1 Å². The van der Waals surface area contributed by atoms with E-state index in [1.807, 2.05) is 11.7 Å². The topological polar surface area (TPSA) is 30.0 Å². The second-order valence-electron chi connectivity index (χ2n) is 2.52. The molecule has 1 aromatic rings. The zero-order valence-corrected chi connectivity index (χ0v) is 7.36. The van der Waals surface area contributed by atoms with Crippen molar-refractivity contribution in [3.8, 4) is 0 Å². The lowest BCUT2D eigenvalue weighted by Crippen LogP contribution is -1.90. The minimum atomic E-state index is 0.273. The van der Waals surface area contributed by atoms with Crippen LogP contribution in [0.2, 0.25) is 0 Å². The molecule has 0 radical (unpaired) electrons. The lowest BCUT2D eigenvalue weighted by Gasteiger charge is -1.92. The van der Waals surface area contributed by atoms with E-state index in [0.717, 1.165) is 12.8 Å². The number of ketones is 1. The molecule has 0 fully saturated rings. The Hall–Kier alpha value is -0.700. The standard InChI is InChI=1S/C8H11NOS/c1-7(10)3-2-4-8-5-9-6-11-8/h5-6H,2-4H2,1H3. The van der Waals surface area contributed by atoms with Crippen LogP contribution in [0.25, 0.3) is 0 Å². The van der Waals surface area contributed by atoms with Crippen LogP contribution in [0.4, 0.5) is 0 Å². The molecule has 0 unspecified atom stereocenters. The first-order valence-electron chi connectivity index (χ1n) is 3.66. The fraction of sp³-hybridized carbons (Fsp3) is 0.500. The predicted octanol–water partition coefficient (Wildman–Crippen LogP) is 2.05. The molecule has 1 heterocycles. The van der Waals surface area contributed by atoms with Crippen LogP contribution in [-0.4, -0.2) is 10.8 Å². The van der Waals surface area contributed by atoms with Crippen LogP contribution in [0.15, 0.2) is 11.7 Å². The Morgan fingerprint density at radius 3 is 3.09 bits per heavy atom. The molecular formula is C8H11NOS. The zero-order chi connectivity index (χ0) is 8.10. The van der Waals surface area contributed by atoms with Gasteiger partial charge in [-0.3, -0.25) is 4.98 Å². The molecule has 2 nitrogen and oxygen atoms in total. The van der Waals surface area contributed by atoms with Crippen LogP contribution in [0.3, 0.4) is 0 Å². The van der Waals surface area contributed by atoms with Gasteiger partial charge in [-0.05, 0) is 19.8 Å². The molecule has 0 spiro atoms. The minimum absolute atomic E-state index is 0.273. The zero-order valence-electron chi connectivity index (χ0n) is 6.54. The van der Waals surface area contributed by atoms with Crippen molar-refractivity contribution in [2.24, 2.45) is 0 Å². The van der Waals surface area contributed by atoms with Crippen molar-refractivity contribution in [2.75, 3.05) is 0 Å². The molecule has 1 rings (SSSR count). The van der Waals surface area contributed by atoms with E-state index in [0.29, 0.717) is 6.42 Å². The van der Waals surface area contributed by atoms with Crippen LogP contribution in [0, 0.1) is 0 Å². The van der Waals surface area contributed by atoms with Crippen molar-refractivity contribution < 1.29 is 4.79 Å². The molecule has 0 saturated heterocycles. The van der Waals surface area contributed by atoms with Crippen molar-refractivity contribution in [2.45, 2.75) is 26.2 Å². The van der Waals surface area contributed by atoms with Gasteiger partial charge in [0.05, 0.1) is 5.51 Å². The van der Waals surface area contributed by atoms with Crippen LogP contribution in [0.1, 0.15) is 24.6 Å². The third kappa shape index (κ3) is 3.28. The number of hydrogen-bond donors (Lipinski definition) is 0. The normalized spacial score (nSPS) is 9.91. The highest BCUT2D eigenvalue weighted by Gasteiger charge is 1.96. The Bertz CT molecular complexity index is 218. The lowest BCUT2D eigenvalue weighted by molar-refractivity contribution is -0.117. The number of rotatable bonds is 4. The molecule has 3 heteroatoms. The largest absolute Gasteiger partial charge is 0.300 e. The highest BCUT2D eigenvalue weighted by Crippen LogP contribution is 2.09. The van der Waals surface area contributed by atoms with Crippen molar-refractivity contribution in [1.29, 1.82) is 0 Å². The Labute approximate surface area is 70.3 Å². The van der Waals surface area contributed by atoms with Gasteiger partial charge in [0.1, 0.15) is 5.78 Å². The van der Waals surface area contributed by atoms with Gasteiger partial charge in [0, 0.05) is 17.5 Å². The average Bonchev–Trinajstić information content (AvgIpc) is 2.39. The second kappa shape index (κ2) is 4.23. The average molecular weight is 169 g/mol. The monoisotopic (exact) mass is 169 g/mol. The molecule has 0 bridgehead atoms. The number of hydrogen-bond acceptors (Lipinski definition) is 3. The Kier molecular flexibility index (Phi) is 3.23. The predicted molar refractivity (Wildman–Crippen MR) is 45.7 cm³/mol. The van der Waals surface area contributed by atoms with E-state index < -0.39 is 0 Å². The highest BCUT2D eigenvalue weighted by molar-refractivity contribution is 7.09. The first kappa shape index (κ1) is 8.40. The molecule has 11 heavy (non-hydrogen) atoms. The van der Waals surface area contributed by atoms with E-state index in [1.54, 1.807) is 18.3 Å². The number of Topliss-reactive ketones (excluding diaryl/α,β-unsaturated/α-hetero) is 1. The Morgan fingerprint density at radius 1 is 1.73 bits per heavy atom. The molecule has 0 saturated carbocycles. The molecule has 0 atom stereocenters. The fourth-order valence-electron chi connectivity index (χ4n) is 0.877. The van der Waals surface area contributed by atoms with Crippen LogP contribution < -0.4 is 0 Å². The van der Waals surface area contributed by atoms with Crippen LogP contribution in [-0.2, 0) is 11.2 Å². The summed E-state index contributed by atoms with van der Waals surface area (Å²) in [4.78, 5) is 15.8. The molecule has 60 valence electrons. The highest BCUT2D eigenvalue weighted by atomic mass is 32.1. The van der Waals surface area contributed by atoms with E-state index in [4.69, 9.17) is 0 Å². The van der Waals surface area contributed by atoms with Gasteiger partial charge < -0.3 is 4.79 Å². The molecule has 0 N–H and O–H groups in total. The smallest absolute Gasteiger partial charge is 0.129 e. The second-order valence-corrected chi connectivity index (χ2v) is 3.49. The third-order valence-corrected chi connectivity index (χ3v) is 2.27. The molecule has 0 aliphatic heterocycles. The Balaban J connectivity index is 2.19. The summed E-state index contributed by atoms with van der Waals surface area (Å²) in [6, 6.07) is 0. The fourth-order valence-corrected chi connectivity index (χ4v) is 1.52. The summed E-state index contributed by atoms with van der Waals surface area (Å²) in [5.41, 5.74) is 1.82. The number of carbonyl (C=O) groups is 1. The van der Waals surface area contributed by atoms with Crippen molar-refractivity contribution in [3.63, 3.8) is 0 Å². The van der Waals surface area contributed by atoms with Crippen LogP contribution >= 0.6 is 11.3 Å². The number of aromatic nitrogens is 1. The van der Waals surface area contributed by atoms with Gasteiger partial charge >= 0.3 is 0 Å². The number of thiazole rings is 1. The van der Waals surface area contributed by atoms with Crippen LogP contribution in [0.5, 0.6) is 0 Å². The minimum Gasteiger partial charge on any atom is -0.300 e. The van der Waals surface area contributed by atoms with Gasteiger partial charge in [-0.1, -0.05) is 0 Å². The maximum atomic E-state index is 10.6.